The molecule has 0 bridgehead atoms. The summed E-state index contributed by atoms with van der Waals surface area (Å²) in [4.78, 5) is 0. The number of halogens is 6. The van der Waals surface area contributed by atoms with Crippen molar-refractivity contribution in [2.45, 2.75) is 26.7 Å². The van der Waals surface area contributed by atoms with Crippen molar-refractivity contribution in [3.05, 3.63) is 105 Å². The van der Waals surface area contributed by atoms with Gasteiger partial charge in [0, 0.05) is 16.7 Å². The smallest absolute Gasteiger partial charge is 0.143 e. The van der Waals surface area contributed by atoms with E-state index in [-0.39, 0.29) is 16.7 Å². The summed E-state index contributed by atoms with van der Waals surface area (Å²) in [6.07, 6.45) is 1.22. The Labute approximate surface area is 181 Å². The van der Waals surface area contributed by atoms with E-state index < -0.39 is 46.0 Å². The molecule has 0 radical (unpaired) electrons. The van der Waals surface area contributed by atoms with Crippen molar-refractivity contribution in [1.82, 2.24) is 0 Å². The zero-order valence-electron chi connectivity index (χ0n) is 17.1. The second-order valence-electron chi connectivity index (χ2n) is 7.06. The van der Waals surface area contributed by atoms with Crippen molar-refractivity contribution in [3.63, 3.8) is 0 Å². The van der Waals surface area contributed by atoms with E-state index >= 15 is 0 Å². The van der Waals surface area contributed by atoms with Gasteiger partial charge in [-0.1, -0.05) is 37.0 Å². The largest absolute Gasteiger partial charge is 0.207 e. The average Bonchev–Trinajstić information content (AvgIpc) is 2.71. The molecular weight excluding hydrogens is 426 g/mol. The van der Waals surface area contributed by atoms with Crippen molar-refractivity contribution in [2.24, 2.45) is 0 Å². The minimum absolute atomic E-state index is 0.0919. The van der Waals surface area contributed by atoms with Crippen LogP contribution in [0.5, 0.6) is 0 Å². The Bertz CT molecular complexity index is 1250. The minimum Gasteiger partial charge on any atom is -0.207 e. The number of rotatable bonds is 2. The molecule has 3 aromatic rings. The fourth-order valence-electron chi connectivity index (χ4n) is 2.93. The van der Waals surface area contributed by atoms with Gasteiger partial charge >= 0.3 is 0 Å². The van der Waals surface area contributed by atoms with E-state index in [9.17, 15) is 26.3 Å². The predicted molar refractivity (Wildman–Crippen MR) is 110 cm³/mol. The molecule has 32 heavy (non-hydrogen) atoms. The fraction of sp³-hybridized carbons (Fsp3) is 0.154. The third-order valence-corrected chi connectivity index (χ3v) is 4.63. The quantitative estimate of drug-likeness (QED) is 0.311. The van der Waals surface area contributed by atoms with Crippen LogP contribution in [0.2, 0.25) is 0 Å². The number of hydrogen-bond acceptors (Lipinski definition) is 0. The molecule has 0 unspecified atom stereocenters. The van der Waals surface area contributed by atoms with Crippen LogP contribution >= 0.6 is 0 Å². The summed E-state index contributed by atoms with van der Waals surface area (Å²) in [5.74, 6) is 3.60. The Kier molecular flexibility index (Phi) is 6.95. The average molecular weight is 442 g/mol. The molecule has 3 aromatic carbocycles. The molecule has 0 saturated carbocycles. The topological polar surface area (TPSA) is 0 Å². The summed E-state index contributed by atoms with van der Waals surface area (Å²) in [5, 5.41) is 0. The van der Waals surface area contributed by atoms with Crippen LogP contribution in [-0.2, 0) is 6.42 Å². The highest BCUT2D eigenvalue weighted by Gasteiger charge is 2.11. The first-order chi connectivity index (χ1) is 15.2. The number of aryl methyl sites for hydroxylation is 1. The maximum Gasteiger partial charge on any atom is 0.143 e. The fourth-order valence-corrected chi connectivity index (χ4v) is 2.93. The van der Waals surface area contributed by atoms with Crippen LogP contribution in [0, 0.1) is 65.5 Å². The highest BCUT2D eigenvalue weighted by molar-refractivity contribution is 5.50. The van der Waals surface area contributed by atoms with Gasteiger partial charge in [-0.25, -0.2) is 26.3 Å². The second kappa shape index (κ2) is 9.66. The molecule has 0 spiro atoms. The summed E-state index contributed by atoms with van der Waals surface area (Å²) in [6.45, 7) is 3.12. The molecule has 0 aliphatic carbocycles. The van der Waals surface area contributed by atoms with Gasteiger partial charge in [0.15, 0.2) is 0 Å². The Morgan fingerprint density at radius 2 is 0.938 bits per heavy atom. The van der Waals surface area contributed by atoms with Crippen LogP contribution in [0.25, 0.3) is 0 Å². The van der Waals surface area contributed by atoms with E-state index in [4.69, 9.17) is 0 Å². The van der Waals surface area contributed by atoms with Gasteiger partial charge in [-0.2, -0.15) is 0 Å². The first kappa shape index (κ1) is 23.0. The van der Waals surface area contributed by atoms with E-state index in [1.165, 1.54) is 19.1 Å². The van der Waals surface area contributed by atoms with Crippen LogP contribution in [0.1, 0.15) is 46.7 Å². The lowest BCUT2D eigenvalue weighted by Crippen LogP contribution is -1.96. The van der Waals surface area contributed by atoms with Gasteiger partial charge in [0.1, 0.15) is 34.9 Å². The molecule has 0 heterocycles. The van der Waals surface area contributed by atoms with Gasteiger partial charge in [-0.05, 0) is 55.3 Å². The SMILES string of the molecule is CCCc1cc(F)c(C#Cc2cc(F)c(C#Cc3cc(F)c(C)c(F)c3)c(F)c2)c(F)c1. The predicted octanol–water partition coefficient (Wildman–Crippen LogP) is 6.58. The molecule has 0 aliphatic rings. The lowest BCUT2D eigenvalue weighted by atomic mass is 10.1. The van der Waals surface area contributed by atoms with Crippen molar-refractivity contribution in [2.75, 3.05) is 0 Å². The Morgan fingerprint density at radius 3 is 1.34 bits per heavy atom. The lowest BCUT2D eigenvalue weighted by molar-refractivity contribution is 0.567. The normalized spacial score (nSPS) is 10.2. The van der Waals surface area contributed by atoms with E-state index in [1.54, 1.807) is 0 Å². The molecule has 0 atom stereocenters. The van der Waals surface area contributed by atoms with Gasteiger partial charge < -0.3 is 0 Å². The third kappa shape index (κ3) is 5.15. The number of benzene rings is 3. The third-order valence-electron chi connectivity index (χ3n) is 4.63. The molecule has 0 fully saturated rings. The number of hydrogen-bond donors (Lipinski definition) is 0. The standard InChI is InChI=1S/C26H16F6/c1-3-4-16-11-23(29)19(24(30)12-16)8-6-18-13-25(31)20(26(32)14-18)7-5-17-9-21(27)15(2)22(28)10-17/h9-14H,3-4H2,1-2H3. The molecule has 0 saturated heterocycles. The maximum atomic E-state index is 14.4. The van der Waals surface area contributed by atoms with Crippen LogP contribution < -0.4 is 0 Å². The molecule has 0 aliphatic heterocycles. The second-order valence-corrected chi connectivity index (χ2v) is 7.06. The summed E-state index contributed by atoms with van der Waals surface area (Å²) in [7, 11) is 0. The summed E-state index contributed by atoms with van der Waals surface area (Å²) < 4.78 is 84.2. The Hall–Kier alpha value is -3.64. The zero-order chi connectivity index (χ0) is 23.4. The van der Waals surface area contributed by atoms with Gasteiger partial charge in [-0.3, -0.25) is 0 Å². The molecule has 0 nitrogen and oxygen atoms in total. The Morgan fingerprint density at radius 1 is 0.562 bits per heavy atom. The molecule has 162 valence electrons. The van der Waals surface area contributed by atoms with Gasteiger partial charge in [0.05, 0.1) is 11.1 Å². The monoisotopic (exact) mass is 442 g/mol. The first-order valence-corrected chi connectivity index (χ1v) is 9.66. The van der Waals surface area contributed by atoms with Crippen LogP contribution in [0.4, 0.5) is 26.3 Å². The highest BCUT2D eigenvalue weighted by atomic mass is 19.2. The van der Waals surface area contributed by atoms with Gasteiger partial charge in [0.2, 0.25) is 0 Å². The van der Waals surface area contributed by atoms with Crippen molar-refractivity contribution >= 4 is 0 Å². The molecule has 6 heteroatoms. The summed E-state index contributed by atoms with van der Waals surface area (Å²) in [6, 6.07) is 5.97. The van der Waals surface area contributed by atoms with E-state index in [2.05, 4.69) is 23.7 Å². The molecule has 0 N–H and O–H groups in total. The molecule has 0 aromatic heterocycles. The van der Waals surface area contributed by atoms with Crippen LogP contribution in [0.15, 0.2) is 36.4 Å². The zero-order valence-corrected chi connectivity index (χ0v) is 17.1. The van der Waals surface area contributed by atoms with Gasteiger partial charge in [0.25, 0.3) is 0 Å². The highest BCUT2D eigenvalue weighted by Crippen LogP contribution is 2.18. The van der Waals surface area contributed by atoms with E-state index in [1.807, 2.05) is 6.92 Å². The van der Waals surface area contributed by atoms with Crippen LogP contribution in [0.3, 0.4) is 0 Å². The molecular formula is C26H16F6. The maximum absolute atomic E-state index is 14.4. The van der Waals surface area contributed by atoms with Crippen molar-refractivity contribution < 1.29 is 26.3 Å². The Balaban J connectivity index is 1.92. The summed E-state index contributed by atoms with van der Waals surface area (Å²) in [5.41, 5.74) is -1.08. The van der Waals surface area contributed by atoms with Crippen molar-refractivity contribution in [3.8, 4) is 23.7 Å². The lowest BCUT2D eigenvalue weighted by Gasteiger charge is -2.03. The van der Waals surface area contributed by atoms with Crippen molar-refractivity contribution in [1.29, 1.82) is 0 Å². The van der Waals surface area contributed by atoms with Gasteiger partial charge in [-0.15, -0.1) is 0 Å². The summed E-state index contributed by atoms with van der Waals surface area (Å²) >= 11 is 0. The first-order valence-electron chi connectivity index (χ1n) is 9.66. The molecule has 3 rings (SSSR count). The van der Waals surface area contributed by atoms with E-state index in [0.29, 0.717) is 18.4 Å². The van der Waals surface area contributed by atoms with Crippen LogP contribution in [-0.4, -0.2) is 0 Å². The van der Waals surface area contributed by atoms with E-state index in [0.717, 1.165) is 24.3 Å². The minimum atomic E-state index is -1.07. The molecule has 0 amide bonds.